The van der Waals surface area contributed by atoms with Crippen LogP contribution in [0.25, 0.3) is 0 Å². The fraction of sp³-hybridized carbons (Fsp3) is 0.700. The van der Waals surface area contributed by atoms with E-state index < -0.39 is 0 Å². The highest BCUT2D eigenvalue weighted by Crippen LogP contribution is 2.38. The lowest BCUT2D eigenvalue weighted by molar-refractivity contribution is 0.834. The van der Waals surface area contributed by atoms with Crippen molar-refractivity contribution in [1.29, 1.82) is 0 Å². The Kier molecular flexibility index (Phi) is 1.97. The Balaban J connectivity index is 1.91. The Labute approximate surface area is 88.7 Å². The molecular formula is C10H15N5. The first-order valence-corrected chi connectivity index (χ1v) is 5.59. The summed E-state index contributed by atoms with van der Waals surface area (Å²) in [7, 11) is 0. The number of nitrogen functional groups attached to an aromatic ring is 1. The second-order valence-electron chi connectivity index (χ2n) is 4.32. The summed E-state index contributed by atoms with van der Waals surface area (Å²) in [6, 6.07) is 0. The summed E-state index contributed by atoms with van der Waals surface area (Å²) < 4.78 is 0. The van der Waals surface area contributed by atoms with Gasteiger partial charge in [-0.1, -0.05) is 0 Å². The molecular weight excluding hydrogens is 190 g/mol. The molecule has 0 unspecified atom stereocenters. The van der Waals surface area contributed by atoms with Crippen LogP contribution < -0.4 is 10.6 Å². The van der Waals surface area contributed by atoms with Crippen molar-refractivity contribution in [3.05, 3.63) is 5.82 Å². The predicted molar refractivity (Wildman–Crippen MR) is 57.7 cm³/mol. The molecule has 0 radical (unpaired) electrons. The molecule has 2 heterocycles. The Hall–Kier alpha value is -1.39. The molecule has 0 atom stereocenters. The van der Waals surface area contributed by atoms with Crippen LogP contribution in [0.4, 0.5) is 11.9 Å². The molecule has 2 fully saturated rings. The van der Waals surface area contributed by atoms with E-state index in [0.29, 0.717) is 11.9 Å². The summed E-state index contributed by atoms with van der Waals surface area (Å²) in [5, 5.41) is 0. The summed E-state index contributed by atoms with van der Waals surface area (Å²) in [5.74, 6) is 2.58. The van der Waals surface area contributed by atoms with E-state index in [-0.39, 0.29) is 0 Å². The molecule has 3 rings (SSSR count). The first kappa shape index (κ1) is 8.88. The fourth-order valence-corrected chi connectivity index (χ4v) is 1.98. The van der Waals surface area contributed by atoms with E-state index in [2.05, 4.69) is 19.9 Å². The van der Waals surface area contributed by atoms with Gasteiger partial charge in [-0.2, -0.15) is 15.0 Å². The third-order valence-electron chi connectivity index (χ3n) is 2.99. The maximum absolute atomic E-state index is 5.70. The van der Waals surface area contributed by atoms with E-state index in [1.165, 1.54) is 25.7 Å². The van der Waals surface area contributed by atoms with Crippen LogP contribution in [0.15, 0.2) is 0 Å². The lowest BCUT2D eigenvalue weighted by Gasteiger charge is -2.15. The van der Waals surface area contributed by atoms with Gasteiger partial charge in [0.15, 0.2) is 0 Å². The Morgan fingerprint density at radius 1 is 1.07 bits per heavy atom. The molecule has 1 aromatic rings. The van der Waals surface area contributed by atoms with Crippen LogP contribution in [-0.4, -0.2) is 28.0 Å². The number of hydrogen-bond donors (Lipinski definition) is 1. The zero-order valence-corrected chi connectivity index (χ0v) is 8.69. The molecule has 80 valence electrons. The average Bonchev–Trinajstić information content (AvgIpc) is 2.93. The second-order valence-corrected chi connectivity index (χ2v) is 4.32. The second kappa shape index (κ2) is 3.32. The van der Waals surface area contributed by atoms with E-state index in [9.17, 15) is 0 Å². The molecule has 2 aliphatic rings. The lowest BCUT2D eigenvalue weighted by Crippen LogP contribution is -2.22. The number of rotatable bonds is 2. The molecule has 1 aromatic heterocycles. The number of nitrogens with zero attached hydrogens (tertiary/aromatic N) is 4. The van der Waals surface area contributed by atoms with Gasteiger partial charge in [0.1, 0.15) is 5.82 Å². The lowest BCUT2D eigenvalue weighted by atomic mass is 10.4. The zero-order valence-electron chi connectivity index (χ0n) is 8.69. The third kappa shape index (κ3) is 1.73. The zero-order chi connectivity index (χ0) is 10.3. The van der Waals surface area contributed by atoms with Gasteiger partial charge >= 0.3 is 0 Å². The summed E-state index contributed by atoms with van der Waals surface area (Å²) in [6.45, 7) is 2.10. The van der Waals surface area contributed by atoms with Gasteiger partial charge in [0.05, 0.1) is 0 Å². The number of hydrogen-bond acceptors (Lipinski definition) is 5. The monoisotopic (exact) mass is 205 g/mol. The van der Waals surface area contributed by atoms with Crippen LogP contribution in [0, 0.1) is 0 Å². The number of aromatic nitrogens is 3. The largest absolute Gasteiger partial charge is 0.368 e. The van der Waals surface area contributed by atoms with Crippen LogP contribution in [0.5, 0.6) is 0 Å². The molecule has 0 amide bonds. The highest BCUT2D eigenvalue weighted by Gasteiger charge is 2.28. The van der Waals surface area contributed by atoms with Crippen LogP contribution in [0.1, 0.15) is 37.4 Å². The van der Waals surface area contributed by atoms with Gasteiger partial charge in [0, 0.05) is 19.0 Å². The van der Waals surface area contributed by atoms with Gasteiger partial charge in [0.2, 0.25) is 11.9 Å². The molecule has 1 aliphatic carbocycles. The smallest absolute Gasteiger partial charge is 0.230 e. The molecule has 15 heavy (non-hydrogen) atoms. The quantitative estimate of drug-likeness (QED) is 0.778. The van der Waals surface area contributed by atoms with Crippen molar-refractivity contribution in [2.75, 3.05) is 23.7 Å². The van der Waals surface area contributed by atoms with Crippen LogP contribution in [0.3, 0.4) is 0 Å². The van der Waals surface area contributed by atoms with E-state index in [1.54, 1.807) is 0 Å². The number of nitrogens with two attached hydrogens (primary N) is 1. The van der Waals surface area contributed by atoms with Crippen LogP contribution >= 0.6 is 0 Å². The van der Waals surface area contributed by atoms with Crippen molar-refractivity contribution in [3.8, 4) is 0 Å². The normalized spacial score (nSPS) is 20.9. The van der Waals surface area contributed by atoms with E-state index >= 15 is 0 Å². The van der Waals surface area contributed by atoms with Crippen molar-refractivity contribution < 1.29 is 0 Å². The van der Waals surface area contributed by atoms with Crippen LogP contribution in [0.2, 0.25) is 0 Å². The van der Waals surface area contributed by atoms with Crippen molar-refractivity contribution in [2.45, 2.75) is 31.6 Å². The van der Waals surface area contributed by atoms with Crippen molar-refractivity contribution in [3.63, 3.8) is 0 Å². The molecule has 5 nitrogen and oxygen atoms in total. The van der Waals surface area contributed by atoms with Gasteiger partial charge < -0.3 is 10.6 Å². The van der Waals surface area contributed by atoms with Gasteiger partial charge in [-0.25, -0.2) is 0 Å². The van der Waals surface area contributed by atoms with E-state index in [4.69, 9.17) is 5.73 Å². The molecule has 1 saturated carbocycles. The van der Waals surface area contributed by atoms with Gasteiger partial charge in [0.25, 0.3) is 0 Å². The van der Waals surface area contributed by atoms with Crippen molar-refractivity contribution in [1.82, 2.24) is 15.0 Å². The van der Waals surface area contributed by atoms with Gasteiger partial charge in [-0.3, -0.25) is 0 Å². The SMILES string of the molecule is Nc1nc(C2CC2)nc(N2CCCC2)n1. The minimum absolute atomic E-state index is 0.369. The van der Waals surface area contributed by atoms with Gasteiger partial charge in [-0.15, -0.1) is 0 Å². The fourth-order valence-electron chi connectivity index (χ4n) is 1.98. The average molecular weight is 205 g/mol. The standard InChI is InChI=1S/C10H15N5/c11-9-12-8(7-3-4-7)13-10(14-9)15-5-1-2-6-15/h7H,1-6H2,(H2,11,12,13,14). The summed E-state index contributed by atoms with van der Waals surface area (Å²) in [6.07, 6.45) is 4.85. The highest BCUT2D eigenvalue weighted by molar-refractivity contribution is 5.36. The Morgan fingerprint density at radius 3 is 2.47 bits per heavy atom. The molecule has 0 aromatic carbocycles. The van der Waals surface area contributed by atoms with E-state index in [0.717, 1.165) is 24.9 Å². The van der Waals surface area contributed by atoms with Crippen LogP contribution in [-0.2, 0) is 0 Å². The predicted octanol–water partition coefficient (Wildman–Crippen LogP) is 0.931. The molecule has 5 heteroatoms. The first-order chi connectivity index (χ1) is 7.33. The Morgan fingerprint density at radius 2 is 1.80 bits per heavy atom. The summed E-state index contributed by atoms with van der Waals surface area (Å²) in [5.41, 5.74) is 5.70. The van der Waals surface area contributed by atoms with E-state index in [1.807, 2.05) is 0 Å². The summed E-state index contributed by atoms with van der Waals surface area (Å²) in [4.78, 5) is 15.1. The molecule has 0 bridgehead atoms. The molecule has 0 spiro atoms. The van der Waals surface area contributed by atoms with Gasteiger partial charge in [-0.05, 0) is 25.7 Å². The number of anilines is 2. The van der Waals surface area contributed by atoms with Crippen molar-refractivity contribution in [2.24, 2.45) is 0 Å². The minimum atomic E-state index is 0.369. The maximum Gasteiger partial charge on any atom is 0.230 e. The molecule has 1 saturated heterocycles. The topological polar surface area (TPSA) is 67.9 Å². The first-order valence-electron chi connectivity index (χ1n) is 5.59. The highest BCUT2D eigenvalue weighted by atomic mass is 15.3. The summed E-state index contributed by atoms with van der Waals surface area (Å²) >= 11 is 0. The molecule has 1 aliphatic heterocycles. The minimum Gasteiger partial charge on any atom is -0.368 e. The third-order valence-corrected chi connectivity index (χ3v) is 2.99. The maximum atomic E-state index is 5.70. The molecule has 2 N–H and O–H groups in total. The Bertz CT molecular complexity index is 368. The van der Waals surface area contributed by atoms with Crippen molar-refractivity contribution >= 4 is 11.9 Å².